The van der Waals surface area contributed by atoms with Crippen molar-refractivity contribution in [3.05, 3.63) is 39.9 Å². The SMILES string of the molecule is CCC(COC)NC(=O)c1ccccc1[N+](=O)[O-]. The summed E-state index contributed by atoms with van der Waals surface area (Å²) in [6, 6.07) is 5.72. The van der Waals surface area contributed by atoms with E-state index in [9.17, 15) is 14.9 Å². The van der Waals surface area contributed by atoms with Gasteiger partial charge in [-0.15, -0.1) is 0 Å². The maximum absolute atomic E-state index is 11.9. The fraction of sp³-hybridized carbons (Fsp3) is 0.417. The van der Waals surface area contributed by atoms with Crippen molar-refractivity contribution >= 4 is 11.6 Å². The Morgan fingerprint density at radius 3 is 2.72 bits per heavy atom. The Morgan fingerprint density at radius 2 is 2.17 bits per heavy atom. The number of hydrogen-bond donors (Lipinski definition) is 1. The lowest BCUT2D eigenvalue weighted by Gasteiger charge is -2.15. The normalized spacial score (nSPS) is 11.9. The van der Waals surface area contributed by atoms with Crippen LogP contribution in [0.1, 0.15) is 23.7 Å². The fourth-order valence-corrected chi connectivity index (χ4v) is 1.55. The number of ether oxygens (including phenoxy) is 1. The van der Waals surface area contributed by atoms with Crippen LogP contribution in [0.5, 0.6) is 0 Å². The first-order valence-electron chi connectivity index (χ1n) is 5.63. The van der Waals surface area contributed by atoms with E-state index < -0.39 is 10.8 Å². The molecule has 0 saturated carbocycles. The molecule has 0 heterocycles. The average molecular weight is 252 g/mol. The first-order chi connectivity index (χ1) is 8.60. The molecule has 1 aromatic carbocycles. The molecule has 0 saturated heterocycles. The number of carbonyl (C=O) groups is 1. The van der Waals surface area contributed by atoms with Crippen LogP contribution in [0.25, 0.3) is 0 Å². The van der Waals surface area contributed by atoms with E-state index in [1.165, 1.54) is 18.2 Å². The minimum atomic E-state index is -0.563. The van der Waals surface area contributed by atoms with Gasteiger partial charge in [0.2, 0.25) is 0 Å². The quantitative estimate of drug-likeness (QED) is 0.617. The molecule has 98 valence electrons. The maximum atomic E-state index is 11.9. The second-order valence-corrected chi connectivity index (χ2v) is 3.81. The third-order valence-electron chi connectivity index (χ3n) is 2.54. The standard InChI is InChI=1S/C12H16N2O4/c1-3-9(8-18-2)13-12(15)10-6-4-5-7-11(10)14(16)17/h4-7,9H,3,8H2,1-2H3,(H,13,15). The smallest absolute Gasteiger partial charge is 0.282 e. The first kappa shape index (κ1) is 14.1. The summed E-state index contributed by atoms with van der Waals surface area (Å²) in [7, 11) is 1.54. The number of nitrogens with zero attached hydrogens (tertiary/aromatic N) is 1. The van der Waals surface area contributed by atoms with E-state index in [4.69, 9.17) is 4.74 Å². The van der Waals surface area contributed by atoms with Gasteiger partial charge in [0, 0.05) is 13.2 Å². The number of nitro groups is 1. The van der Waals surface area contributed by atoms with Gasteiger partial charge in [-0.1, -0.05) is 19.1 Å². The van der Waals surface area contributed by atoms with Crippen LogP contribution in [-0.4, -0.2) is 30.6 Å². The average Bonchev–Trinajstić information content (AvgIpc) is 2.38. The molecular weight excluding hydrogens is 236 g/mol. The summed E-state index contributed by atoms with van der Waals surface area (Å²) < 4.78 is 4.96. The van der Waals surface area contributed by atoms with Crippen LogP contribution in [0.2, 0.25) is 0 Å². The molecule has 1 N–H and O–H groups in total. The molecule has 1 rings (SSSR count). The zero-order valence-corrected chi connectivity index (χ0v) is 10.4. The minimum absolute atomic E-state index is 0.0667. The van der Waals surface area contributed by atoms with E-state index in [0.29, 0.717) is 13.0 Å². The number of amides is 1. The van der Waals surface area contributed by atoms with Crippen LogP contribution in [0.3, 0.4) is 0 Å². The van der Waals surface area contributed by atoms with Crippen LogP contribution in [-0.2, 0) is 4.74 Å². The third kappa shape index (κ3) is 3.53. The number of rotatable bonds is 6. The highest BCUT2D eigenvalue weighted by Crippen LogP contribution is 2.17. The zero-order chi connectivity index (χ0) is 13.5. The lowest BCUT2D eigenvalue weighted by molar-refractivity contribution is -0.385. The molecule has 6 heteroatoms. The van der Waals surface area contributed by atoms with Crippen LogP contribution >= 0.6 is 0 Å². The Kier molecular flexibility index (Phi) is 5.26. The lowest BCUT2D eigenvalue weighted by atomic mass is 10.1. The summed E-state index contributed by atoms with van der Waals surface area (Å²) in [5.41, 5.74) is -0.126. The summed E-state index contributed by atoms with van der Waals surface area (Å²) in [6.07, 6.45) is 0.695. The van der Waals surface area contributed by atoms with Crippen molar-refractivity contribution in [2.45, 2.75) is 19.4 Å². The number of nitrogens with one attached hydrogen (secondary N) is 1. The summed E-state index contributed by atoms with van der Waals surface area (Å²) in [6.45, 7) is 2.28. The summed E-state index contributed by atoms with van der Waals surface area (Å²) in [5, 5.41) is 13.5. The van der Waals surface area contributed by atoms with Crippen molar-refractivity contribution in [1.82, 2.24) is 5.32 Å². The topological polar surface area (TPSA) is 81.5 Å². The monoisotopic (exact) mass is 252 g/mol. The molecule has 0 aliphatic rings. The summed E-state index contributed by atoms with van der Waals surface area (Å²) >= 11 is 0. The van der Waals surface area contributed by atoms with Gasteiger partial charge in [-0.2, -0.15) is 0 Å². The van der Waals surface area contributed by atoms with E-state index in [2.05, 4.69) is 5.32 Å². The summed E-state index contributed by atoms with van der Waals surface area (Å²) in [4.78, 5) is 22.2. The third-order valence-corrected chi connectivity index (χ3v) is 2.54. The molecule has 1 amide bonds. The molecule has 1 unspecified atom stereocenters. The van der Waals surface area contributed by atoms with Crippen molar-refractivity contribution in [3.8, 4) is 0 Å². The Labute approximate surface area is 105 Å². The van der Waals surface area contributed by atoms with Crippen LogP contribution < -0.4 is 5.32 Å². The fourth-order valence-electron chi connectivity index (χ4n) is 1.55. The van der Waals surface area contributed by atoms with Gasteiger partial charge in [0.25, 0.3) is 11.6 Å². The molecule has 0 fully saturated rings. The van der Waals surface area contributed by atoms with Gasteiger partial charge in [0.1, 0.15) is 5.56 Å². The van der Waals surface area contributed by atoms with Crippen molar-refractivity contribution < 1.29 is 14.5 Å². The number of carbonyl (C=O) groups excluding carboxylic acids is 1. The molecule has 0 bridgehead atoms. The van der Waals surface area contributed by atoms with Crippen LogP contribution in [0.15, 0.2) is 24.3 Å². The zero-order valence-electron chi connectivity index (χ0n) is 10.4. The molecule has 0 aliphatic heterocycles. The number of para-hydroxylation sites is 1. The number of benzene rings is 1. The van der Waals surface area contributed by atoms with Gasteiger partial charge in [-0.25, -0.2) is 0 Å². The van der Waals surface area contributed by atoms with Crippen LogP contribution in [0, 0.1) is 10.1 Å². The maximum Gasteiger partial charge on any atom is 0.282 e. The van der Waals surface area contributed by atoms with E-state index >= 15 is 0 Å². The molecular formula is C12H16N2O4. The molecule has 0 aromatic heterocycles. The van der Waals surface area contributed by atoms with Gasteiger partial charge in [-0.3, -0.25) is 14.9 Å². The second-order valence-electron chi connectivity index (χ2n) is 3.81. The highest BCUT2D eigenvalue weighted by molar-refractivity contribution is 5.98. The molecule has 1 atom stereocenters. The molecule has 0 spiro atoms. The minimum Gasteiger partial charge on any atom is -0.383 e. The highest BCUT2D eigenvalue weighted by Gasteiger charge is 2.20. The predicted octanol–water partition coefficient (Wildman–Crippen LogP) is 1.75. The first-order valence-corrected chi connectivity index (χ1v) is 5.63. The largest absolute Gasteiger partial charge is 0.383 e. The van der Waals surface area contributed by atoms with Gasteiger partial charge in [0.15, 0.2) is 0 Å². The highest BCUT2D eigenvalue weighted by atomic mass is 16.6. The van der Waals surface area contributed by atoms with Crippen molar-refractivity contribution in [1.29, 1.82) is 0 Å². The second kappa shape index (κ2) is 6.70. The number of methoxy groups -OCH3 is 1. The Balaban J connectivity index is 2.87. The van der Waals surface area contributed by atoms with Crippen LogP contribution in [0.4, 0.5) is 5.69 Å². The van der Waals surface area contributed by atoms with Gasteiger partial charge in [0.05, 0.1) is 17.6 Å². The Morgan fingerprint density at radius 1 is 1.50 bits per heavy atom. The summed E-state index contributed by atoms with van der Waals surface area (Å²) in [5.74, 6) is -0.453. The van der Waals surface area contributed by atoms with Crippen molar-refractivity contribution in [3.63, 3.8) is 0 Å². The van der Waals surface area contributed by atoms with Crippen molar-refractivity contribution in [2.75, 3.05) is 13.7 Å². The molecule has 0 radical (unpaired) electrons. The Hall–Kier alpha value is -1.95. The van der Waals surface area contributed by atoms with E-state index in [1.54, 1.807) is 13.2 Å². The van der Waals surface area contributed by atoms with Gasteiger partial charge < -0.3 is 10.1 Å². The number of hydrogen-bond acceptors (Lipinski definition) is 4. The van der Waals surface area contributed by atoms with Crippen molar-refractivity contribution in [2.24, 2.45) is 0 Å². The van der Waals surface area contributed by atoms with E-state index in [0.717, 1.165) is 0 Å². The van der Waals surface area contributed by atoms with E-state index in [1.807, 2.05) is 6.92 Å². The molecule has 1 aromatic rings. The lowest BCUT2D eigenvalue weighted by Crippen LogP contribution is -2.37. The number of nitro benzene ring substituents is 1. The molecule has 6 nitrogen and oxygen atoms in total. The van der Waals surface area contributed by atoms with Gasteiger partial charge in [-0.05, 0) is 12.5 Å². The predicted molar refractivity (Wildman–Crippen MR) is 66.5 cm³/mol. The van der Waals surface area contributed by atoms with E-state index in [-0.39, 0.29) is 17.3 Å². The molecule has 0 aliphatic carbocycles. The van der Waals surface area contributed by atoms with Gasteiger partial charge >= 0.3 is 0 Å². The Bertz CT molecular complexity index is 434. The molecule has 18 heavy (non-hydrogen) atoms.